The summed E-state index contributed by atoms with van der Waals surface area (Å²) < 4.78 is 0. The van der Waals surface area contributed by atoms with Crippen LogP contribution in [0.1, 0.15) is 54.4 Å². The second-order valence-corrected chi connectivity index (χ2v) is 6.32. The minimum Gasteiger partial charge on any atom is -0.398 e. The fraction of sp³-hybridized carbons (Fsp3) is 0.588. The van der Waals surface area contributed by atoms with Crippen molar-refractivity contribution in [3.63, 3.8) is 0 Å². The molecular formula is C17H24N2O. The zero-order valence-electron chi connectivity index (χ0n) is 12.3. The lowest BCUT2D eigenvalue weighted by molar-refractivity contribution is 0.0391. The van der Waals surface area contributed by atoms with Crippen molar-refractivity contribution >= 4 is 11.6 Å². The average molecular weight is 272 g/mol. The fourth-order valence-corrected chi connectivity index (χ4v) is 3.82. The van der Waals surface area contributed by atoms with Crippen LogP contribution in [0.4, 0.5) is 5.69 Å². The number of rotatable bonds is 1. The van der Waals surface area contributed by atoms with Crippen LogP contribution in [0, 0.1) is 12.8 Å². The molecule has 0 bridgehead atoms. The number of hydrogen-bond acceptors (Lipinski definition) is 2. The highest BCUT2D eigenvalue weighted by Gasteiger charge is 2.35. The maximum absolute atomic E-state index is 12.8. The number of nitrogens with two attached hydrogens (primary N) is 1. The molecule has 3 heteroatoms. The number of nitrogen functional groups attached to an aromatic ring is 1. The molecule has 108 valence electrons. The minimum atomic E-state index is 0.174. The molecule has 1 saturated carbocycles. The van der Waals surface area contributed by atoms with E-state index < -0.39 is 0 Å². The summed E-state index contributed by atoms with van der Waals surface area (Å²) in [6.45, 7) is 2.88. The van der Waals surface area contributed by atoms with Crippen LogP contribution in [-0.4, -0.2) is 23.4 Å². The van der Waals surface area contributed by atoms with Gasteiger partial charge in [-0.3, -0.25) is 4.79 Å². The summed E-state index contributed by atoms with van der Waals surface area (Å²) in [6, 6.07) is 6.17. The second kappa shape index (κ2) is 5.47. The van der Waals surface area contributed by atoms with Crippen molar-refractivity contribution in [2.45, 2.75) is 51.5 Å². The fourth-order valence-electron chi connectivity index (χ4n) is 3.82. The van der Waals surface area contributed by atoms with Gasteiger partial charge in [-0.25, -0.2) is 0 Å². The van der Waals surface area contributed by atoms with Gasteiger partial charge < -0.3 is 10.6 Å². The Morgan fingerprint density at radius 1 is 1.20 bits per heavy atom. The number of aryl methyl sites for hydroxylation is 1. The molecule has 1 saturated heterocycles. The average Bonchev–Trinajstić information content (AvgIpc) is 2.49. The third kappa shape index (κ3) is 2.41. The first-order valence-corrected chi connectivity index (χ1v) is 7.84. The van der Waals surface area contributed by atoms with Crippen LogP contribution in [0.2, 0.25) is 0 Å². The SMILES string of the molecule is Cc1ccc(C(=O)N2CCC[C@H]3CCCC[C@H]32)cc1N. The van der Waals surface area contributed by atoms with Crippen molar-refractivity contribution in [2.75, 3.05) is 12.3 Å². The minimum absolute atomic E-state index is 0.174. The third-order valence-corrected chi connectivity index (χ3v) is 5.03. The van der Waals surface area contributed by atoms with Crippen LogP contribution in [-0.2, 0) is 0 Å². The van der Waals surface area contributed by atoms with Crippen LogP contribution in [0.25, 0.3) is 0 Å². The molecule has 3 nitrogen and oxygen atoms in total. The molecule has 2 aliphatic rings. The van der Waals surface area contributed by atoms with Gasteiger partial charge in [0.05, 0.1) is 0 Å². The molecule has 0 spiro atoms. The van der Waals surface area contributed by atoms with Crippen molar-refractivity contribution in [3.8, 4) is 0 Å². The number of nitrogens with zero attached hydrogens (tertiary/aromatic N) is 1. The summed E-state index contributed by atoms with van der Waals surface area (Å²) in [5.74, 6) is 0.901. The van der Waals surface area contributed by atoms with Gasteiger partial charge in [0.15, 0.2) is 0 Å². The molecule has 1 amide bonds. The van der Waals surface area contributed by atoms with Crippen LogP contribution in [0.3, 0.4) is 0 Å². The lowest BCUT2D eigenvalue weighted by Gasteiger charge is -2.44. The van der Waals surface area contributed by atoms with Gasteiger partial charge in [-0.15, -0.1) is 0 Å². The molecule has 2 fully saturated rings. The predicted octanol–water partition coefficient (Wildman–Crippen LogP) is 3.37. The second-order valence-electron chi connectivity index (χ2n) is 6.32. The van der Waals surface area contributed by atoms with E-state index in [4.69, 9.17) is 5.73 Å². The smallest absolute Gasteiger partial charge is 0.254 e. The highest BCUT2D eigenvalue weighted by Crippen LogP contribution is 2.36. The Bertz CT molecular complexity index is 510. The molecule has 1 aliphatic heterocycles. The van der Waals surface area contributed by atoms with E-state index in [1.807, 2.05) is 25.1 Å². The van der Waals surface area contributed by atoms with Gasteiger partial charge in [0.25, 0.3) is 5.91 Å². The standard InChI is InChI=1S/C17H24N2O/c1-12-8-9-14(11-15(12)18)17(20)19-10-4-6-13-5-2-3-7-16(13)19/h8-9,11,13,16H,2-7,10,18H2,1H3/t13-,16-/m1/s1. The Hall–Kier alpha value is -1.51. The van der Waals surface area contributed by atoms with Crippen LogP contribution in [0.5, 0.6) is 0 Å². The molecule has 1 aromatic carbocycles. The molecule has 3 rings (SSSR count). The molecule has 20 heavy (non-hydrogen) atoms. The summed E-state index contributed by atoms with van der Waals surface area (Å²) in [5.41, 5.74) is 8.45. The Labute approximate surface area is 121 Å². The first-order chi connectivity index (χ1) is 9.66. The summed E-state index contributed by atoms with van der Waals surface area (Å²) in [5, 5.41) is 0. The van der Waals surface area contributed by atoms with Gasteiger partial charge in [-0.05, 0) is 56.2 Å². The van der Waals surface area contributed by atoms with Crippen LogP contribution in [0.15, 0.2) is 18.2 Å². The highest BCUT2D eigenvalue weighted by atomic mass is 16.2. The number of likely N-dealkylation sites (tertiary alicyclic amines) is 1. The summed E-state index contributed by atoms with van der Waals surface area (Å²) >= 11 is 0. The van der Waals surface area contributed by atoms with E-state index in [1.54, 1.807) is 0 Å². The number of hydrogen-bond donors (Lipinski definition) is 1. The Morgan fingerprint density at radius 3 is 2.75 bits per heavy atom. The van der Waals surface area contributed by atoms with Crippen molar-refractivity contribution < 1.29 is 4.79 Å². The van der Waals surface area contributed by atoms with Gasteiger partial charge in [-0.2, -0.15) is 0 Å². The Balaban J connectivity index is 1.83. The number of piperidine rings is 1. The number of amides is 1. The summed E-state index contributed by atoms with van der Waals surface area (Å²) in [6.07, 6.45) is 7.52. The third-order valence-electron chi connectivity index (χ3n) is 5.03. The van der Waals surface area contributed by atoms with E-state index in [2.05, 4.69) is 4.90 Å². The zero-order valence-corrected chi connectivity index (χ0v) is 12.3. The summed E-state index contributed by atoms with van der Waals surface area (Å²) in [7, 11) is 0. The van der Waals surface area contributed by atoms with Crippen LogP contribution < -0.4 is 5.73 Å². The Morgan fingerprint density at radius 2 is 1.95 bits per heavy atom. The monoisotopic (exact) mass is 272 g/mol. The van der Waals surface area contributed by atoms with Crippen LogP contribution >= 0.6 is 0 Å². The highest BCUT2D eigenvalue weighted by molar-refractivity contribution is 5.95. The summed E-state index contributed by atoms with van der Waals surface area (Å²) in [4.78, 5) is 14.9. The van der Waals surface area contributed by atoms with E-state index in [-0.39, 0.29) is 5.91 Å². The number of anilines is 1. The molecule has 2 N–H and O–H groups in total. The number of carbonyl (C=O) groups excluding carboxylic acids is 1. The quantitative estimate of drug-likeness (QED) is 0.797. The number of fused-ring (bicyclic) bond motifs is 1. The van der Waals surface area contributed by atoms with Crippen molar-refractivity contribution in [3.05, 3.63) is 29.3 Å². The lowest BCUT2D eigenvalue weighted by atomic mass is 9.78. The molecule has 0 radical (unpaired) electrons. The van der Waals surface area contributed by atoms with E-state index in [0.29, 0.717) is 11.7 Å². The normalized spacial score (nSPS) is 26.1. The first kappa shape index (κ1) is 13.5. The number of benzene rings is 1. The first-order valence-electron chi connectivity index (χ1n) is 7.84. The van der Waals surface area contributed by atoms with E-state index >= 15 is 0 Å². The largest absolute Gasteiger partial charge is 0.398 e. The molecule has 0 unspecified atom stereocenters. The van der Waals surface area contributed by atoms with Crippen molar-refractivity contribution in [2.24, 2.45) is 5.92 Å². The van der Waals surface area contributed by atoms with Gasteiger partial charge in [0.1, 0.15) is 0 Å². The Kier molecular flexibility index (Phi) is 3.68. The van der Waals surface area contributed by atoms with Gasteiger partial charge in [-0.1, -0.05) is 18.9 Å². The topological polar surface area (TPSA) is 46.3 Å². The van der Waals surface area contributed by atoms with Gasteiger partial charge in [0.2, 0.25) is 0 Å². The molecular weight excluding hydrogens is 248 g/mol. The van der Waals surface area contributed by atoms with E-state index in [1.165, 1.54) is 32.1 Å². The van der Waals surface area contributed by atoms with Crippen molar-refractivity contribution in [1.29, 1.82) is 0 Å². The van der Waals surface area contributed by atoms with Gasteiger partial charge in [0, 0.05) is 23.8 Å². The maximum Gasteiger partial charge on any atom is 0.254 e. The number of carbonyl (C=O) groups is 1. The maximum atomic E-state index is 12.8. The molecule has 2 atom stereocenters. The lowest BCUT2D eigenvalue weighted by Crippen LogP contribution is -2.49. The predicted molar refractivity (Wildman–Crippen MR) is 81.6 cm³/mol. The van der Waals surface area contributed by atoms with Gasteiger partial charge >= 0.3 is 0 Å². The molecule has 1 heterocycles. The zero-order chi connectivity index (χ0) is 14.1. The molecule has 1 aromatic rings. The molecule has 1 aliphatic carbocycles. The molecule has 0 aromatic heterocycles. The van der Waals surface area contributed by atoms with Crippen molar-refractivity contribution in [1.82, 2.24) is 4.90 Å². The van der Waals surface area contributed by atoms with E-state index in [0.717, 1.165) is 30.0 Å². The van der Waals surface area contributed by atoms with E-state index in [9.17, 15) is 4.79 Å².